The van der Waals surface area contributed by atoms with E-state index in [1.54, 1.807) is 4.90 Å². The molecule has 1 atom stereocenters. The molecule has 5 rings (SSSR count). The summed E-state index contributed by atoms with van der Waals surface area (Å²) in [6.07, 6.45) is -0.353. The van der Waals surface area contributed by atoms with Gasteiger partial charge in [0.1, 0.15) is 30.9 Å². The van der Waals surface area contributed by atoms with Gasteiger partial charge in [-0.1, -0.05) is 60.7 Å². The van der Waals surface area contributed by atoms with Gasteiger partial charge in [0.05, 0.1) is 5.56 Å². The monoisotopic (exact) mass is 424 g/mol. The van der Waals surface area contributed by atoms with Crippen LogP contribution in [0.25, 0.3) is 10.8 Å². The lowest BCUT2D eigenvalue weighted by molar-refractivity contribution is 0.0734. The van der Waals surface area contributed by atoms with Crippen LogP contribution in [0.3, 0.4) is 0 Å². The standard InChI is InChI=1S/C27H24N2O3/c1-29-26(28-23-14-8-7-13-22(23)27(29)30)25-21-12-6-5-9-19(21)15-16-24(25)32-18-17-31-20-10-3-2-4-11-20/h2-16,26,28H,17-18H2,1H3. The smallest absolute Gasteiger partial charge is 0.257 e. The number of hydrogen-bond donors (Lipinski definition) is 1. The van der Waals surface area contributed by atoms with Crippen LogP contribution in [0.15, 0.2) is 91.0 Å². The van der Waals surface area contributed by atoms with E-state index in [0.717, 1.165) is 33.5 Å². The molecule has 0 bridgehead atoms. The Bertz CT molecular complexity index is 1260. The highest BCUT2D eigenvalue weighted by Gasteiger charge is 2.32. The summed E-state index contributed by atoms with van der Waals surface area (Å²) in [7, 11) is 1.82. The Balaban J connectivity index is 1.46. The number of fused-ring (bicyclic) bond motifs is 2. The Morgan fingerprint density at radius 2 is 1.53 bits per heavy atom. The zero-order valence-corrected chi connectivity index (χ0v) is 17.8. The highest BCUT2D eigenvalue weighted by Crippen LogP contribution is 2.39. The SMILES string of the molecule is CN1C(=O)c2ccccc2NC1c1c(OCCOc2ccccc2)ccc2ccccc12. The van der Waals surface area contributed by atoms with Crippen molar-refractivity contribution in [2.45, 2.75) is 6.17 Å². The molecule has 0 saturated carbocycles. The van der Waals surface area contributed by atoms with Gasteiger partial charge in [0, 0.05) is 18.3 Å². The second-order valence-electron chi connectivity index (χ2n) is 7.72. The van der Waals surface area contributed by atoms with Crippen LogP contribution in [0.2, 0.25) is 0 Å². The molecule has 0 spiro atoms. The van der Waals surface area contributed by atoms with Gasteiger partial charge < -0.3 is 19.7 Å². The third kappa shape index (κ3) is 3.73. The number of nitrogens with zero attached hydrogens (tertiary/aromatic N) is 1. The number of ether oxygens (including phenoxy) is 2. The van der Waals surface area contributed by atoms with Crippen LogP contribution >= 0.6 is 0 Å². The van der Waals surface area contributed by atoms with Crippen LogP contribution < -0.4 is 14.8 Å². The summed E-state index contributed by atoms with van der Waals surface area (Å²) in [5, 5.41) is 5.68. The van der Waals surface area contributed by atoms with Crippen molar-refractivity contribution in [1.82, 2.24) is 4.90 Å². The zero-order valence-electron chi connectivity index (χ0n) is 17.8. The maximum atomic E-state index is 13.1. The van der Waals surface area contributed by atoms with Gasteiger partial charge in [-0.2, -0.15) is 0 Å². The number of para-hydroxylation sites is 2. The third-order valence-electron chi connectivity index (χ3n) is 5.71. The normalized spacial score (nSPS) is 15.2. The predicted molar refractivity (Wildman–Crippen MR) is 126 cm³/mol. The van der Waals surface area contributed by atoms with Crippen LogP contribution in [0.1, 0.15) is 22.1 Å². The van der Waals surface area contributed by atoms with Crippen molar-refractivity contribution in [2.75, 3.05) is 25.6 Å². The van der Waals surface area contributed by atoms with Gasteiger partial charge in [0.25, 0.3) is 5.91 Å². The van der Waals surface area contributed by atoms with Crippen molar-refractivity contribution >= 4 is 22.4 Å². The minimum Gasteiger partial charge on any atom is -0.490 e. The van der Waals surface area contributed by atoms with Crippen LogP contribution in [0.4, 0.5) is 5.69 Å². The van der Waals surface area contributed by atoms with E-state index in [9.17, 15) is 4.79 Å². The van der Waals surface area contributed by atoms with Gasteiger partial charge in [-0.15, -0.1) is 0 Å². The van der Waals surface area contributed by atoms with E-state index >= 15 is 0 Å². The average molecular weight is 425 g/mol. The van der Waals surface area contributed by atoms with Gasteiger partial charge in [-0.3, -0.25) is 4.79 Å². The maximum absolute atomic E-state index is 13.1. The molecule has 5 heteroatoms. The lowest BCUT2D eigenvalue weighted by Crippen LogP contribution is -2.40. The topological polar surface area (TPSA) is 50.8 Å². The van der Waals surface area contributed by atoms with E-state index in [1.807, 2.05) is 85.9 Å². The number of hydrogen-bond acceptors (Lipinski definition) is 4. The Morgan fingerprint density at radius 1 is 0.812 bits per heavy atom. The quantitative estimate of drug-likeness (QED) is 0.416. The Hall–Kier alpha value is -3.99. The van der Waals surface area contributed by atoms with E-state index in [0.29, 0.717) is 18.8 Å². The highest BCUT2D eigenvalue weighted by atomic mass is 16.5. The Morgan fingerprint density at radius 3 is 2.41 bits per heavy atom. The van der Waals surface area contributed by atoms with Crippen molar-refractivity contribution in [2.24, 2.45) is 0 Å². The van der Waals surface area contributed by atoms with Crippen LogP contribution in [0, 0.1) is 0 Å². The first-order chi connectivity index (χ1) is 15.7. The molecule has 0 saturated heterocycles. The fraction of sp³-hybridized carbons (Fsp3) is 0.148. The van der Waals surface area contributed by atoms with Gasteiger partial charge in [0.15, 0.2) is 0 Å². The number of rotatable bonds is 6. The summed E-state index contributed by atoms with van der Waals surface area (Å²) in [6, 6.07) is 29.5. The molecule has 1 amide bonds. The first-order valence-corrected chi connectivity index (χ1v) is 10.7. The van der Waals surface area contributed by atoms with Crippen molar-refractivity contribution in [3.8, 4) is 11.5 Å². The number of carbonyl (C=O) groups excluding carboxylic acids is 1. The van der Waals surface area contributed by atoms with Crippen molar-refractivity contribution in [1.29, 1.82) is 0 Å². The third-order valence-corrected chi connectivity index (χ3v) is 5.71. The van der Waals surface area contributed by atoms with Gasteiger partial charge in [-0.25, -0.2) is 0 Å². The predicted octanol–water partition coefficient (Wildman–Crippen LogP) is 5.49. The van der Waals surface area contributed by atoms with E-state index in [2.05, 4.69) is 17.4 Å². The molecule has 1 heterocycles. The van der Waals surface area contributed by atoms with E-state index in [4.69, 9.17) is 9.47 Å². The van der Waals surface area contributed by atoms with E-state index < -0.39 is 0 Å². The van der Waals surface area contributed by atoms with Crippen molar-refractivity contribution < 1.29 is 14.3 Å². The minimum atomic E-state index is -0.353. The molecule has 4 aromatic carbocycles. The molecule has 0 fully saturated rings. The highest BCUT2D eigenvalue weighted by molar-refractivity contribution is 6.02. The Labute approximate surface area is 187 Å². The second kappa shape index (κ2) is 8.63. The summed E-state index contributed by atoms with van der Waals surface area (Å²) < 4.78 is 12.0. The van der Waals surface area contributed by atoms with Gasteiger partial charge >= 0.3 is 0 Å². The van der Waals surface area contributed by atoms with Gasteiger partial charge in [-0.05, 0) is 41.1 Å². The molecule has 32 heavy (non-hydrogen) atoms. The molecular formula is C27H24N2O3. The summed E-state index contributed by atoms with van der Waals surface area (Å²) in [5.74, 6) is 1.53. The van der Waals surface area contributed by atoms with Gasteiger partial charge in [0.2, 0.25) is 0 Å². The zero-order chi connectivity index (χ0) is 21.9. The van der Waals surface area contributed by atoms with Crippen molar-refractivity contribution in [3.63, 3.8) is 0 Å². The lowest BCUT2D eigenvalue weighted by atomic mass is 9.98. The molecule has 1 unspecified atom stereocenters. The van der Waals surface area contributed by atoms with Crippen LogP contribution in [-0.2, 0) is 0 Å². The lowest BCUT2D eigenvalue weighted by Gasteiger charge is -2.36. The fourth-order valence-electron chi connectivity index (χ4n) is 4.12. The van der Waals surface area contributed by atoms with E-state index in [1.165, 1.54) is 0 Å². The minimum absolute atomic E-state index is 0.0179. The molecule has 5 nitrogen and oxygen atoms in total. The molecule has 0 aromatic heterocycles. The molecule has 1 aliphatic heterocycles. The molecule has 0 aliphatic carbocycles. The van der Waals surface area contributed by atoms with Crippen molar-refractivity contribution in [3.05, 3.63) is 102 Å². The molecule has 1 N–H and O–H groups in total. The number of nitrogens with one attached hydrogen (secondary N) is 1. The molecular weight excluding hydrogens is 400 g/mol. The molecule has 4 aromatic rings. The molecule has 160 valence electrons. The maximum Gasteiger partial charge on any atom is 0.257 e. The molecule has 1 aliphatic rings. The molecule has 0 radical (unpaired) electrons. The van der Waals surface area contributed by atoms with E-state index in [-0.39, 0.29) is 12.1 Å². The first-order valence-electron chi connectivity index (χ1n) is 10.7. The largest absolute Gasteiger partial charge is 0.490 e. The summed E-state index contributed by atoms with van der Waals surface area (Å²) >= 11 is 0. The van der Waals surface area contributed by atoms with Crippen LogP contribution in [-0.4, -0.2) is 31.1 Å². The Kier molecular flexibility index (Phi) is 5.38. The number of carbonyl (C=O) groups is 1. The number of amides is 1. The number of benzene rings is 4. The average Bonchev–Trinajstić information content (AvgIpc) is 2.84. The number of anilines is 1. The first kappa shape index (κ1) is 19.9. The van der Waals surface area contributed by atoms with Crippen LogP contribution in [0.5, 0.6) is 11.5 Å². The fourth-order valence-corrected chi connectivity index (χ4v) is 4.12. The second-order valence-corrected chi connectivity index (χ2v) is 7.72. The summed E-state index contributed by atoms with van der Waals surface area (Å²) in [6.45, 7) is 0.813. The summed E-state index contributed by atoms with van der Waals surface area (Å²) in [5.41, 5.74) is 2.44. The summed E-state index contributed by atoms with van der Waals surface area (Å²) in [4.78, 5) is 14.8.